The normalized spacial score (nSPS) is 13.8. The largest absolute Gasteiger partial charge is 0.312 e. The molecule has 0 fully saturated rings. The smallest absolute Gasteiger partial charge is 0.126 e. The van der Waals surface area contributed by atoms with Crippen LogP contribution in [0, 0.1) is 5.82 Å². The number of hydrogen-bond acceptors (Lipinski definition) is 2. The second kappa shape index (κ2) is 7.53. The van der Waals surface area contributed by atoms with Gasteiger partial charge in [-0.1, -0.05) is 22.9 Å². The van der Waals surface area contributed by atoms with Crippen LogP contribution in [-0.4, -0.2) is 37.1 Å². The fourth-order valence-electron chi connectivity index (χ4n) is 2.12. The molecule has 0 amide bonds. The van der Waals surface area contributed by atoms with Crippen LogP contribution in [0.1, 0.15) is 32.8 Å². The molecule has 0 aliphatic carbocycles. The van der Waals surface area contributed by atoms with Crippen molar-refractivity contribution < 1.29 is 4.39 Å². The zero-order valence-electron chi connectivity index (χ0n) is 13.1. The molecule has 1 aromatic rings. The zero-order chi connectivity index (χ0) is 15.3. The average molecular weight is 345 g/mol. The fraction of sp³-hybridized carbons (Fsp3) is 0.625. The van der Waals surface area contributed by atoms with Crippen LogP contribution < -0.4 is 5.32 Å². The summed E-state index contributed by atoms with van der Waals surface area (Å²) in [6, 6.07) is 5.34. The van der Waals surface area contributed by atoms with Crippen molar-refractivity contribution in [3.8, 4) is 0 Å². The van der Waals surface area contributed by atoms with E-state index in [1.165, 1.54) is 6.07 Å². The van der Waals surface area contributed by atoms with Gasteiger partial charge in [-0.3, -0.25) is 0 Å². The minimum absolute atomic E-state index is 0.0517. The topological polar surface area (TPSA) is 15.3 Å². The summed E-state index contributed by atoms with van der Waals surface area (Å²) >= 11 is 3.42. The van der Waals surface area contributed by atoms with Crippen molar-refractivity contribution in [2.75, 3.05) is 20.6 Å². The maximum Gasteiger partial charge on any atom is 0.126 e. The molecule has 0 aliphatic heterocycles. The first-order valence-electron chi connectivity index (χ1n) is 7.13. The molecule has 114 valence electrons. The Hall–Kier alpha value is -0.450. The Morgan fingerprint density at radius 1 is 1.35 bits per heavy atom. The van der Waals surface area contributed by atoms with Gasteiger partial charge < -0.3 is 10.2 Å². The highest BCUT2D eigenvalue weighted by atomic mass is 79.9. The number of halogens is 2. The lowest BCUT2D eigenvalue weighted by Gasteiger charge is -2.41. The van der Waals surface area contributed by atoms with Gasteiger partial charge in [-0.15, -0.1) is 0 Å². The lowest BCUT2D eigenvalue weighted by Crippen LogP contribution is -2.56. The Kier molecular flexibility index (Phi) is 6.62. The number of hydrogen-bond donors (Lipinski definition) is 1. The molecule has 2 nitrogen and oxygen atoms in total. The van der Waals surface area contributed by atoms with Gasteiger partial charge in [0, 0.05) is 16.1 Å². The van der Waals surface area contributed by atoms with E-state index >= 15 is 0 Å². The highest BCUT2D eigenvalue weighted by Gasteiger charge is 2.31. The van der Waals surface area contributed by atoms with Gasteiger partial charge in [-0.25, -0.2) is 4.39 Å². The lowest BCUT2D eigenvalue weighted by molar-refractivity contribution is 0.136. The number of nitrogens with one attached hydrogen (secondary N) is 1. The second-order valence-corrected chi connectivity index (χ2v) is 6.91. The molecule has 0 aromatic heterocycles. The molecule has 0 saturated heterocycles. The molecule has 0 saturated carbocycles. The quantitative estimate of drug-likeness (QED) is 0.808. The third-order valence-electron chi connectivity index (χ3n) is 4.08. The first kappa shape index (κ1) is 17.6. The number of likely N-dealkylation sites (N-methyl/N-ethyl adjacent to an activating group) is 1. The second-order valence-electron chi connectivity index (χ2n) is 5.99. The SMILES string of the molecule is CCCNC(Cc1cc(Br)ccc1F)C(C)(C)N(C)C. The monoisotopic (exact) mass is 344 g/mol. The van der Waals surface area contributed by atoms with Crippen molar-refractivity contribution in [3.63, 3.8) is 0 Å². The Morgan fingerprint density at radius 3 is 2.55 bits per heavy atom. The van der Waals surface area contributed by atoms with Crippen LogP contribution in [0.5, 0.6) is 0 Å². The van der Waals surface area contributed by atoms with Gasteiger partial charge in [-0.05, 0) is 71.1 Å². The number of nitrogens with zero attached hydrogens (tertiary/aromatic N) is 1. The van der Waals surface area contributed by atoms with E-state index in [4.69, 9.17) is 0 Å². The molecule has 0 radical (unpaired) electrons. The van der Waals surface area contributed by atoms with E-state index in [0.717, 1.165) is 23.0 Å². The molecule has 1 unspecified atom stereocenters. The number of benzene rings is 1. The summed E-state index contributed by atoms with van der Waals surface area (Å²) in [6.45, 7) is 7.47. The van der Waals surface area contributed by atoms with Crippen molar-refractivity contribution in [2.24, 2.45) is 0 Å². The summed E-state index contributed by atoms with van der Waals surface area (Å²) in [5.41, 5.74) is 0.701. The van der Waals surface area contributed by atoms with Crippen LogP contribution in [0.2, 0.25) is 0 Å². The minimum atomic E-state index is -0.133. The van der Waals surface area contributed by atoms with Gasteiger partial charge in [0.1, 0.15) is 5.82 Å². The highest BCUT2D eigenvalue weighted by Crippen LogP contribution is 2.23. The lowest BCUT2D eigenvalue weighted by atomic mass is 9.88. The summed E-state index contributed by atoms with van der Waals surface area (Å²) in [4.78, 5) is 2.19. The van der Waals surface area contributed by atoms with Crippen molar-refractivity contribution in [3.05, 3.63) is 34.1 Å². The molecule has 1 atom stereocenters. The number of rotatable bonds is 7. The Morgan fingerprint density at radius 2 is 2.00 bits per heavy atom. The standard InChI is InChI=1S/C16H26BrFN2/c1-6-9-19-15(16(2,3)20(4)5)11-12-10-13(17)7-8-14(12)18/h7-8,10,15,19H,6,9,11H2,1-5H3. The van der Waals surface area contributed by atoms with Crippen LogP contribution in [0.3, 0.4) is 0 Å². The zero-order valence-corrected chi connectivity index (χ0v) is 14.7. The van der Waals surface area contributed by atoms with Gasteiger partial charge >= 0.3 is 0 Å². The van der Waals surface area contributed by atoms with E-state index < -0.39 is 0 Å². The molecule has 4 heteroatoms. The third-order valence-corrected chi connectivity index (χ3v) is 4.57. The van der Waals surface area contributed by atoms with Crippen LogP contribution in [-0.2, 0) is 6.42 Å². The summed E-state index contributed by atoms with van der Waals surface area (Å²) in [7, 11) is 4.13. The van der Waals surface area contributed by atoms with E-state index in [-0.39, 0.29) is 17.4 Å². The minimum Gasteiger partial charge on any atom is -0.312 e. The van der Waals surface area contributed by atoms with Crippen LogP contribution in [0.15, 0.2) is 22.7 Å². The third kappa shape index (κ3) is 4.54. The Labute approximate surface area is 130 Å². The molecule has 1 rings (SSSR count). The summed E-state index contributed by atoms with van der Waals surface area (Å²) < 4.78 is 14.9. The summed E-state index contributed by atoms with van der Waals surface area (Å²) in [5.74, 6) is -0.133. The average Bonchev–Trinajstić information content (AvgIpc) is 2.38. The van der Waals surface area contributed by atoms with E-state index in [0.29, 0.717) is 6.42 Å². The van der Waals surface area contributed by atoms with E-state index in [9.17, 15) is 4.39 Å². The van der Waals surface area contributed by atoms with Gasteiger partial charge in [0.15, 0.2) is 0 Å². The molecular formula is C16H26BrFN2. The molecule has 20 heavy (non-hydrogen) atoms. The van der Waals surface area contributed by atoms with Crippen molar-refractivity contribution in [1.82, 2.24) is 10.2 Å². The summed E-state index contributed by atoms with van der Waals surface area (Å²) in [6.07, 6.45) is 1.75. The first-order valence-corrected chi connectivity index (χ1v) is 7.93. The van der Waals surface area contributed by atoms with Gasteiger partial charge in [-0.2, -0.15) is 0 Å². The molecule has 0 spiro atoms. The van der Waals surface area contributed by atoms with Gasteiger partial charge in [0.05, 0.1) is 0 Å². The highest BCUT2D eigenvalue weighted by molar-refractivity contribution is 9.10. The summed E-state index contributed by atoms with van der Waals surface area (Å²) in [5, 5.41) is 3.56. The fourth-order valence-corrected chi connectivity index (χ4v) is 2.53. The Bertz CT molecular complexity index is 432. The predicted molar refractivity (Wildman–Crippen MR) is 87.7 cm³/mol. The van der Waals surface area contributed by atoms with Crippen LogP contribution >= 0.6 is 15.9 Å². The maximum atomic E-state index is 14.0. The van der Waals surface area contributed by atoms with Gasteiger partial charge in [0.2, 0.25) is 0 Å². The molecule has 0 aliphatic rings. The molecule has 0 bridgehead atoms. The predicted octanol–water partition coefficient (Wildman–Crippen LogP) is 3.84. The van der Waals surface area contributed by atoms with Crippen molar-refractivity contribution in [2.45, 2.75) is 45.2 Å². The first-order chi connectivity index (χ1) is 9.28. The van der Waals surface area contributed by atoms with Gasteiger partial charge in [0.25, 0.3) is 0 Å². The molecular weight excluding hydrogens is 319 g/mol. The van der Waals surface area contributed by atoms with Crippen LogP contribution in [0.4, 0.5) is 4.39 Å². The Balaban J connectivity index is 2.97. The van der Waals surface area contributed by atoms with E-state index in [1.807, 2.05) is 6.07 Å². The maximum absolute atomic E-state index is 14.0. The van der Waals surface area contributed by atoms with Crippen molar-refractivity contribution in [1.29, 1.82) is 0 Å². The van der Waals surface area contributed by atoms with E-state index in [2.05, 4.69) is 61.0 Å². The van der Waals surface area contributed by atoms with Crippen molar-refractivity contribution >= 4 is 15.9 Å². The van der Waals surface area contributed by atoms with Crippen LogP contribution in [0.25, 0.3) is 0 Å². The van der Waals surface area contributed by atoms with E-state index in [1.54, 1.807) is 6.07 Å². The molecule has 1 aromatic carbocycles. The molecule has 0 heterocycles. The molecule has 1 N–H and O–H groups in total.